The number of rotatable bonds is 3. The van der Waals surface area contributed by atoms with Gasteiger partial charge in [0.25, 0.3) is 0 Å². The van der Waals surface area contributed by atoms with Gasteiger partial charge in [-0.3, -0.25) is 0 Å². The van der Waals surface area contributed by atoms with E-state index in [4.69, 9.17) is 12.2 Å². The quantitative estimate of drug-likeness (QED) is 0.837. The van der Waals surface area contributed by atoms with Crippen LogP contribution >= 0.6 is 12.2 Å². The molecule has 1 saturated heterocycles. The molecule has 2 atom stereocenters. The van der Waals surface area contributed by atoms with E-state index in [2.05, 4.69) is 39.3 Å². The third kappa shape index (κ3) is 4.52. The predicted octanol–water partition coefficient (Wildman–Crippen LogP) is 2.57. The van der Waals surface area contributed by atoms with Crippen molar-refractivity contribution in [2.75, 3.05) is 29.9 Å². The van der Waals surface area contributed by atoms with E-state index in [-0.39, 0.29) is 0 Å². The van der Waals surface area contributed by atoms with E-state index in [0.717, 1.165) is 31.1 Å². The fourth-order valence-corrected chi connectivity index (χ4v) is 3.16. The molecule has 0 radical (unpaired) electrons. The molecule has 1 aliphatic rings. The third-order valence-corrected chi connectivity index (χ3v) is 3.84. The minimum atomic E-state index is 0.564. The Bertz CT molecular complexity index is 495. The summed E-state index contributed by atoms with van der Waals surface area (Å²) in [5.41, 5.74) is 0.952. The zero-order valence-corrected chi connectivity index (χ0v) is 14.1. The highest BCUT2D eigenvalue weighted by molar-refractivity contribution is 7.80. The molecule has 0 amide bonds. The van der Waals surface area contributed by atoms with Crippen LogP contribution in [0.2, 0.25) is 0 Å². The standard InChI is InChI=1S/C15H25N5S/c1-5-16-15(21)19-14-17-12(4)7-13(18-14)20-8-10(2)6-11(3)9-20/h7,10-11H,5-6,8-9H2,1-4H3,(H2,16,17,18,19,21)/t10-,11+. The van der Waals surface area contributed by atoms with Gasteiger partial charge < -0.3 is 15.5 Å². The number of aromatic nitrogens is 2. The lowest BCUT2D eigenvalue weighted by Crippen LogP contribution is -2.39. The first-order valence-corrected chi connectivity index (χ1v) is 8.04. The van der Waals surface area contributed by atoms with Crippen molar-refractivity contribution in [1.29, 1.82) is 0 Å². The van der Waals surface area contributed by atoms with E-state index in [1.807, 2.05) is 19.9 Å². The van der Waals surface area contributed by atoms with E-state index in [9.17, 15) is 0 Å². The molecule has 1 aromatic rings. The summed E-state index contributed by atoms with van der Waals surface area (Å²) in [7, 11) is 0. The summed E-state index contributed by atoms with van der Waals surface area (Å²) in [6.45, 7) is 11.5. The van der Waals surface area contributed by atoms with E-state index in [0.29, 0.717) is 22.9 Å². The predicted molar refractivity (Wildman–Crippen MR) is 91.8 cm³/mol. The molecule has 0 aliphatic carbocycles. The summed E-state index contributed by atoms with van der Waals surface area (Å²) in [6, 6.07) is 2.05. The van der Waals surface area contributed by atoms with Crippen LogP contribution in [0.4, 0.5) is 11.8 Å². The molecule has 5 nitrogen and oxygen atoms in total. The van der Waals surface area contributed by atoms with Crippen molar-refractivity contribution >= 4 is 29.1 Å². The highest BCUT2D eigenvalue weighted by Gasteiger charge is 2.23. The normalized spacial score (nSPS) is 22.0. The Morgan fingerprint density at radius 1 is 1.33 bits per heavy atom. The first kappa shape index (κ1) is 15.9. The molecular weight excluding hydrogens is 282 g/mol. The highest BCUT2D eigenvalue weighted by atomic mass is 32.1. The van der Waals surface area contributed by atoms with Gasteiger partial charge in [0.1, 0.15) is 5.82 Å². The maximum absolute atomic E-state index is 5.20. The lowest BCUT2D eigenvalue weighted by Gasteiger charge is -2.36. The molecular formula is C15H25N5S. The van der Waals surface area contributed by atoms with Gasteiger partial charge in [0.2, 0.25) is 5.95 Å². The van der Waals surface area contributed by atoms with Crippen LogP contribution in [0.25, 0.3) is 0 Å². The summed E-state index contributed by atoms with van der Waals surface area (Å²) in [5, 5.41) is 6.67. The number of nitrogens with one attached hydrogen (secondary N) is 2. The van der Waals surface area contributed by atoms with Gasteiger partial charge in [-0.05, 0) is 44.3 Å². The van der Waals surface area contributed by atoms with Crippen LogP contribution in [0.3, 0.4) is 0 Å². The van der Waals surface area contributed by atoms with Crippen LogP contribution in [0.5, 0.6) is 0 Å². The molecule has 0 aromatic carbocycles. The molecule has 2 heterocycles. The Hall–Kier alpha value is -1.43. The zero-order chi connectivity index (χ0) is 15.4. The van der Waals surface area contributed by atoms with Crippen molar-refractivity contribution in [1.82, 2.24) is 15.3 Å². The van der Waals surface area contributed by atoms with Crippen molar-refractivity contribution < 1.29 is 0 Å². The fourth-order valence-electron chi connectivity index (χ4n) is 2.93. The lowest BCUT2D eigenvalue weighted by molar-refractivity contribution is 0.355. The zero-order valence-electron chi connectivity index (χ0n) is 13.3. The molecule has 0 unspecified atom stereocenters. The molecule has 21 heavy (non-hydrogen) atoms. The molecule has 116 valence electrons. The molecule has 1 aromatic heterocycles. The summed E-state index contributed by atoms with van der Waals surface area (Å²) in [5.74, 6) is 2.95. The van der Waals surface area contributed by atoms with Crippen LogP contribution in [0.15, 0.2) is 6.07 Å². The topological polar surface area (TPSA) is 53.1 Å². The second-order valence-electron chi connectivity index (χ2n) is 6.03. The Balaban J connectivity index is 2.16. The van der Waals surface area contributed by atoms with E-state index < -0.39 is 0 Å². The summed E-state index contributed by atoms with van der Waals surface area (Å²) >= 11 is 5.20. The number of thiocarbonyl (C=S) groups is 1. The first-order valence-electron chi connectivity index (χ1n) is 7.63. The number of hydrogen-bond donors (Lipinski definition) is 2. The van der Waals surface area contributed by atoms with E-state index in [1.165, 1.54) is 6.42 Å². The van der Waals surface area contributed by atoms with Crippen LogP contribution in [0.1, 0.15) is 32.9 Å². The maximum atomic E-state index is 5.20. The van der Waals surface area contributed by atoms with Crippen LogP contribution in [-0.4, -0.2) is 34.7 Å². The van der Waals surface area contributed by atoms with Crippen LogP contribution in [-0.2, 0) is 0 Å². The number of aryl methyl sites for hydroxylation is 1. The van der Waals surface area contributed by atoms with E-state index >= 15 is 0 Å². The summed E-state index contributed by atoms with van der Waals surface area (Å²) in [4.78, 5) is 11.4. The molecule has 1 fully saturated rings. The summed E-state index contributed by atoms with van der Waals surface area (Å²) < 4.78 is 0. The van der Waals surface area contributed by atoms with Crippen LogP contribution in [0, 0.1) is 18.8 Å². The molecule has 0 spiro atoms. The minimum Gasteiger partial charge on any atom is -0.363 e. The molecule has 1 aliphatic heterocycles. The number of nitrogens with zero attached hydrogens (tertiary/aromatic N) is 3. The first-order chi connectivity index (χ1) is 9.97. The highest BCUT2D eigenvalue weighted by Crippen LogP contribution is 2.25. The molecule has 2 N–H and O–H groups in total. The van der Waals surface area contributed by atoms with Crippen molar-refractivity contribution in [3.8, 4) is 0 Å². The molecule has 0 bridgehead atoms. The van der Waals surface area contributed by atoms with Gasteiger partial charge in [0, 0.05) is 31.4 Å². The largest absolute Gasteiger partial charge is 0.363 e. The molecule has 0 saturated carbocycles. The fraction of sp³-hybridized carbons (Fsp3) is 0.667. The Labute approximate surface area is 132 Å². The van der Waals surface area contributed by atoms with Gasteiger partial charge in [0.15, 0.2) is 5.11 Å². The number of hydrogen-bond acceptors (Lipinski definition) is 4. The van der Waals surface area contributed by atoms with Crippen LogP contribution < -0.4 is 15.5 Å². The molecule has 2 rings (SSSR count). The Kier molecular flexibility index (Phi) is 5.33. The minimum absolute atomic E-state index is 0.564. The average Bonchev–Trinajstić information content (AvgIpc) is 2.37. The summed E-state index contributed by atoms with van der Waals surface area (Å²) in [6.07, 6.45) is 1.29. The second-order valence-corrected chi connectivity index (χ2v) is 6.43. The Morgan fingerprint density at radius 2 is 2.00 bits per heavy atom. The lowest BCUT2D eigenvalue weighted by atomic mass is 9.92. The van der Waals surface area contributed by atoms with Gasteiger partial charge in [-0.25, -0.2) is 4.98 Å². The van der Waals surface area contributed by atoms with Crippen molar-refractivity contribution in [3.05, 3.63) is 11.8 Å². The van der Waals surface area contributed by atoms with Gasteiger partial charge >= 0.3 is 0 Å². The smallest absolute Gasteiger partial charge is 0.231 e. The maximum Gasteiger partial charge on any atom is 0.231 e. The van der Waals surface area contributed by atoms with E-state index in [1.54, 1.807) is 0 Å². The third-order valence-electron chi connectivity index (χ3n) is 3.60. The Morgan fingerprint density at radius 3 is 2.62 bits per heavy atom. The van der Waals surface area contributed by atoms with Crippen molar-refractivity contribution in [2.24, 2.45) is 11.8 Å². The average molecular weight is 307 g/mol. The number of anilines is 2. The van der Waals surface area contributed by atoms with Gasteiger partial charge in [0.05, 0.1) is 0 Å². The molecule has 6 heteroatoms. The SMILES string of the molecule is CCNC(=S)Nc1nc(C)cc(N2C[C@H](C)C[C@H](C)C2)n1. The van der Waals surface area contributed by atoms with Crippen molar-refractivity contribution in [3.63, 3.8) is 0 Å². The van der Waals surface area contributed by atoms with Crippen molar-refractivity contribution in [2.45, 2.75) is 34.1 Å². The second kappa shape index (κ2) is 7.02. The number of piperidine rings is 1. The monoisotopic (exact) mass is 307 g/mol. The van der Waals surface area contributed by atoms with Gasteiger partial charge in [-0.15, -0.1) is 0 Å². The van der Waals surface area contributed by atoms with Gasteiger partial charge in [-0.2, -0.15) is 4.98 Å². The van der Waals surface area contributed by atoms with Gasteiger partial charge in [-0.1, -0.05) is 13.8 Å².